The number of para-hydroxylation sites is 1. The SMILES string of the molecule is NC(=O)CN(C1CCCC1)S(=O)(=O)c1cnn(-c2ccccc2)c1. The van der Waals surface area contributed by atoms with Crippen molar-refractivity contribution in [1.29, 1.82) is 0 Å². The molecule has 0 saturated heterocycles. The number of sulfonamides is 1. The second-order valence-electron chi connectivity index (χ2n) is 5.91. The minimum Gasteiger partial charge on any atom is -0.369 e. The smallest absolute Gasteiger partial charge is 0.246 e. The normalized spacial score (nSPS) is 15.9. The van der Waals surface area contributed by atoms with E-state index in [2.05, 4.69) is 5.10 Å². The van der Waals surface area contributed by atoms with Gasteiger partial charge in [0.2, 0.25) is 15.9 Å². The van der Waals surface area contributed by atoms with Crippen molar-refractivity contribution in [2.24, 2.45) is 5.73 Å². The zero-order valence-electron chi connectivity index (χ0n) is 13.2. The maximum absolute atomic E-state index is 13.0. The Morgan fingerprint density at radius 1 is 1.25 bits per heavy atom. The summed E-state index contributed by atoms with van der Waals surface area (Å²) in [4.78, 5) is 11.4. The van der Waals surface area contributed by atoms with Gasteiger partial charge < -0.3 is 5.73 Å². The summed E-state index contributed by atoms with van der Waals surface area (Å²) in [6.45, 7) is -0.302. The van der Waals surface area contributed by atoms with Crippen LogP contribution in [0.25, 0.3) is 5.69 Å². The van der Waals surface area contributed by atoms with E-state index in [0.29, 0.717) is 0 Å². The molecule has 0 atom stereocenters. The summed E-state index contributed by atoms with van der Waals surface area (Å²) in [7, 11) is -3.82. The molecular formula is C16H20N4O3S. The van der Waals surface area contributed by atoms with Crippen LogP contribution >= 0.6 is 0 Å². The maximum atomic E-state index is 13.0. The minimum atomic E-state index is -3.82. The van der Waals surface area contributed by atoms with Crippen molar-refractivity contribution in [1.82, 2.24) is 14.1 Å². The van der Waals surface area contributed by atoms with E-state index < -0.39 is 15.9 Å². The highest BCUT2D eigenvalue weighted by Gasteiger charge is 2.35. The van der Waals surface area contributed by atoms with Crippen LogP contribution in [0.1, 0.15) is 25.7 Å². The van der Waals surface area contributed by atoms with E-state index in [0.717, 1.165) is 31.4 Å². The second-order valence-corrected chi connectivity index (χ2v) is 7.80. The molecule has 3 rings (SSSR count). The van der Waals surface area contributed by atoms with Crippen LogP contribution in [0.3, 0.4) is 0 Å². The van der Waals surface area contributed by atoms with E-state index in [9.17, 15) is 13.2 Å². The average Bonchev–Trinajstić information content (AvgIpc) is 3.25. The first-order chi connectivity index (χ1) is 11.5. The standard InChI is InChI=1S/C16H20N4O3S/c17-16(21)12-20(14-8-4-5-9-14)24(22,23)15-10-18-19(11-15)13-6-2-1-3-7-13/h1-3,6-7,10-11,14H,4-5,8-9,12H2,(H2,17,21). The Hall–Kier alpha value is -2.19. The predicted molar refractivity (Wildman–Crippen MR) is 88.9 cm³/mol. The summed E-state index contributed by atoms with van der Waals surface area (Å²) in [5.41, 5.74) is 6.03. The van der Waals surface area contributed by atoms with E-state index in [4.69, 9.17) is 5.73 Å². The molecule has 1 saturated carbocycles. The predicted octanol–water partition coefficient (Wildman–Crippen LogP) is 1.29. The molecule has 1 fully saturated rings. The molecule has 0 bridgehead atoms. The van der Waals surface area contributed by atoms with Crippen LogP contribution in [0, 0.1) is 0 Å². The fraction of sp³-hybridized carbons (Fsp3) is 0.375. The second kappa shape index (κ2) is 6.74. The molecule has 1 heterocycles. The van der Waals surface area contributed by atoms with Gasteiger partial charge in [-0.05, 0) is 25.0 Å². The first-order valence-electron chi connectivity index (χ1n) is 7.89. The highest BCUT2D eigenvalue weighted by atomic mass is 32.2. The highest BCUT2D eigenvalue weighted by molar-refractivity contribution is 7.89. The van der Waals surface area contributed by atoms with E-state index in [1.165, 1.54) is 21.4 Å². The molecule has 1 aromatic heterocycles. The third kappa shape index (κ3) is 3.34. The first-order valence-corrected chi connectivity index (χ1v) is 9.33. The first kappa shape index (κ1) is 16.7. The molecule has 0 unspecified atom stereocenters. The number of hydrogen-bond donors (Lipinski definition) is 1. The zero-order chi connectivity index (χ0) is 17.2. The van der Waals surface area contributed by atoms with Crippen molar-refractivity contribution < 1.29 is 13.2 Å². The Morgan fingerprint density at radius 3 is 2.54 bits per heavy atom. The number of hydrogen-bond acceptors (Lipinski definition) is 4. The number of amides is 1. The van der Waals surface area contributed by atoms with Crippen LogP contribution in [0.4, 0.5) is 0 Å². The highest BCUT2D eigenvalue weighted by Crippen LogP contribution is 2.28. The molecule has 128 valence electrons. The number of carbonyl (C=O) groups excluding carboxylic acids is 1. The Kier molecular flexibility index (Phi) is 4.68. The number of carbonyl (C=O) groups is 1. The van der Waals surface area contributed by atoms with Crippen molar-refractivity contribution in [2.45, 2.75) is 36.6 Å². The van der Waals surface area contributed by atoms with Crippen LogP contribution < -0.4 is 5.73 Å². The molecule has 7 nitrogen and oxygen atoms in total. The molecule has 1 amide bonds. The summed E-state index contributed by atoms with van der Waals surface area (Å²) < 4.78 is 28.7. The third-order valence-electron chi connectivity index (χ3n) is 4.23. The number of nitrogens with two attached hydrogens (primary N) is 1. The molecule has 8 heteroatoms. The topological polar surface area (TPSA) is 98.3 Å². The van der Waals surface area contributed by atoms with Gasteiger partial charge in [-0.1, -0.05) is 31.0 Å². The lowest BCUT2D eigenvalue weighted by Crippen LogP contribution is -2.43. The number of benzene rings is 1. The van der Waals surface area contributed by atoms with Crippen molar-refractivity contribution >= 4 is 15.9 Å². The Bertz CT molecular complexity index is 811. The molecule has 0 aliphatic heterocycles. The molecule has 1 aromatic carbocycles. The molecule has 1 aliphatic carbocycles. The molecule has 24 heavy (non-hydrogen) atoms. The number of nitrogens with zero attached hydrogens (tertiary/aromatic N) is 3. The number of primary amides is 1. The van der Waals surface area contributed by atoms with Gasteiger partial charge in [-0.3, -0.25) is 4.79 Å². The lowest BCUT2D eigenvalue weighted by molar-refractivity contribution is -0.118. The fourth-order valence-corrected chi connectivity index (χ4v) is 4.64. The lowest BCUT2D eigenvalue weighted by atomic mass is 10.2. The maximum Gasteiger partial charge on any atom is 0.246 e. The summed E-state index contributed by atoms with van der Waals surface area (Å²) in [6, 6.07) is 9.07. The Balaban J connectivity index is 1.93. The van der Waals surface area contributed by atoms with Crippen molar-refractivity contribution in [3.8, 4) is 5.69 Å². The van der Waals surface area contributed by atoms with Crippen molar-refractivity contribution in [2.75, 3.05) is 6.54 Å². The lowest BCUT2D eigenvalue weighted by Gasteiger charge is -2.26. The van der Waals surface area contributed by atoms with Gasteiger partial charge in [0.15, 0.2) is 0 Å². The van der Waals surface area contributed by atoms with Crippen LogP contribution in [-0.4, -0.2) is 41.0 Å². The van der Waals surface area contributed by atoms with Gasteiger partial charge >= 0.3 is 0 Å². The van der Waals surface area contributed by atoms with Gasteiger partial charge in [0.1, 0.15) is 4.90 Å². The number of rotatable bonds is 6. The summed E-state index contributed by atoms with van der Waals surface area (Å²) in [5.74, 6) is -0.652. The van der Waals surface area contributed by atoms with Gasteiger partial charge in [-0.15, -0.1) is 0 Å². The summed E-state index contributed by atoms with van der Waals surface area (Å²) >= 11 is 0. The van der Waals surface area contributed by atoms with Crippen LogP contribution in [0.15, 0.2) is 47.6 Å². The molecule has 0 radical (unpaired) electrons. The van der Waals surface area contributed by atoms with E-state index in [1.807, 2.05) is 30.3 Å². The van der Waals surface area contributed by atoms with Gasteiger partial charge in [0.25, 0.3) is 0 Å². The number of aromatic nitrogens is 2. The van der Waals surface area contributed by atoms with Crippen molar-refractivity contribution in [3.05, 3.63) is 42.7 Å². The monoisotopic (exact) mass is 348 g/mol. The fourth-order valence-electron chi connectivity index (χ4n) is 3.05. The largest absolute Gasteiger partial charge is 0.369 e. The van der Waals surface area contributed by atoms with Gasteiger partial charge in [-0.2, -0.15) is 9.40 Å². The van der Waals surface area contributed by atoms with E-state index in [1.54, 1.807) is 0 Å². The van der Waals surface area contributed by atoms with Gasteiger partial charge in [0, 0.05) is 6.04 Å². The van der Waals surface area contributed by atoms with E-state index in [-0.39, 0.29) is 17.5 Å². The van der Waals surface area contributed by atoms with Crippen LogP contribution in [0.5, 0.6) is 0 Å². The van der Waals surface area contributed by atoms with Crippen LogP contribution in [0.2, 0.25) is 0 Å². The molecule has 2 N–H and O–H groups in total. The van der Waals surface area contributed by atoms with Gasteiger partial charge in [-0.25, -0.2) is 13.1 Å². The molecule has 1 aliphatic rings. The van der Waals surface area contributed by atoms with E-state index >= 15 is 0 Å². The Labute approximate surface area is 141 Å². The third-order valence-corrected chi connectivity index (χ3v) is 6.08. The van der Waals surface area contributed by atoms with Crippen molar-refractivity contribution in [3.63, 3.8) is 0 Å². The molecule has 0 spiro atoms. The van der Waals surface area contributed by atoms with Crippen LogP contribution in [-0.2, 0) is 14.8 Å². The minimum absolute atomic E-state index is 0.0690. The molecular weight excluding hydrogens is 328 g/mol. The quantitative estimate of drug-likeness (QED) is 0.850. The molecule has 2 aromatic rings. The summed E-state index contributed by atoms with van der Waals surface area (Å²) in [5, 5.41) is 4.14. The average molecular weight is 348 g/mol. The Morgan fingerprint density at radius 2 is 1.92 bits per heavy atom. The summed E-state index contributed by atoms with van der Waals surface area (Å²) in [6.07, 6.45) is 6.19. The zero-order valence-corrected chi connectivity index (χ0v) is 14.0. The van der Waals surface area contributed by atoms with Gasteiger partial charge in [0.05, 0.1) is 24.6 Å².